The Bertz CT molecular complexity index is 1630. The maximum Gasteiger partial charge on any atom is 0.335 e. The van der Waals surface area contributed by atoms with Crippen LogP contribution in [0.4, 0.5) is 10.1 Å². The van der Waals surface area contributed by atoms with Crippen LogP contribution in [0.1, 0.15) is 33.6 Å². The summed E-state index contributed by atoms with van der Waals surface area (Å²) in [6.07, 6.45) is 0.487. The second-order valence-electron chi connectivity index (χ2n) is 9.40. The number of carbonyl (C=O) groups is 1. The Morgan fingerprint density at radius 3 is 2.39 bits per heavy atom. The van der Waals surface area contributed by atoms with E-state index in [1.165, 1.54) is 22.5 Å². The Balaban J connectivity index is 1.60. The molecule has 4 aromatic rings. The van der Waals surface area contributed by atoms with Crippen molar-refractivity contribution >= 4 is 21.7 Å². The van der Waals surface area contributed by atoms with Gasteiger partial charge in [0.2, 0.25) is 10.0 Å². The summed E-state index contributed by atoms with van der Waals surface area (Å²) < 4.78 is 47.9. The first-order valence-corrected chi connectivity index (χ1v) is 13.8. The van der Waals surface area contributed by atoms with Crippen molar-refractivity contribution in [2.45, 2.75) is 26.9 Å². The van der Waals surface area contributed by atoms with E-state index in [-0.39, 0.29) is 23.7 Å². The number of carboxylic acids is 1. The number of aryl methyl sites for hydroxylation is 2. The molecule has 0 amide bonds. The summed E-state index contributed by atoms with van der Waals surface area (Å²) in [4.78, 5) is 12.0. The monoisotopic (exact) mass is 534 g/mol. The molecule has 0 aliphatic carbocycles. The number of nitrogens with zero attached hydrogens (tertiary/aromatic N) is 2. The minimum absolute atomic E-state index is 0.00400. The molecule has 2 heterocycles. The number of benzene rings is 3. The van der Waals surface area contributed by atoms with Crippen LogP contribution in [0.3, 0.4) is 0 Å². The number of aromatic nitrogens is 1. The average Bonchev–Trinajstić information content (AvgIpc) is 3.45. The molecule has 1 N–H and O–H groups in total. The summed E-state index contributed by atoms with van der Waals surface area (Å²) >= 11 is 0. The topological polar surface area (TPSA) is 88.8 Å². The van der Waals surface area contributed by atoms with Crippen molar-refractivity contribution in [2.75, 3.05) is 16.6 Å². The fraction of sp³-hybridized carbons (Fsp3) is 0.207. The maximum atomic E-state index is 13.3. The molecule has 0 spiro atoms. The highest BCUT2D eigenvalue weighted by Gasteiger charge is 2.29. The van der Waals surface area contributed by atoms with Gasteiger partial charge in [-0.1, -0.05) is 23.8 Å². The highest BCUT2D eigenvalue weighted by atomic mass is 32.2. The largest absolute Gasteiger partial charge is 0.488 e. The van der Waals surface area contributed by atoms with E-state index in [4.69, 9.17) is 4.74 Å². The van der Waals surface area contributed by atoms with E-state index >= 15 is 0 Å². The molecule has 1 fully saturated rings. The quantitative estimate of drug-likeness (QED) is 0.328. The molecule has 0 atom stereocenters. The van der Waals surface area contributed by atoms with Crippen LogP contribution in [0.25, 0.3) is 16.9 Å². The molecular formula is C29H27FN2O5S. The summed E-state index contributed by atoms with van der Waals surface area (Å²) in [7, 11) is -3.50. The molecule has 5 rings (SSSR count). The first-order chi connectivity index (χ1) is 18.1. The van der Waals surface area contributed by atoms with Crippen LogP contribution in [0.15, 0.2) is 72.8 Å². The highest BCUT2D eigenvalue weighted by molar-refractivity contribution is 7.93. The highest BCUT2D eigenvalue weighted by Crippen LogP contribution is 2.36. The van der Waals surface area contributed by atoms with Gasteiger partial charge in [-0.05, 0) is 80.4 Å². The van der Waals surface area contributed by atoms with Crippen LogP contribution < -0.4 is 9.04 Å². The predicted octanol–water partition coefficient (Wildman–Crippen LogP) is 5.72. The van der Waals surface area contributed by atoms with Crippen LogP contribution in [-0.4, -0.2) is 36.4 Å². The number of ether oxygens (including phenoxy) is 1. The van der Waals surface area contributed by atoms with Crippen LogP contribution in [0.5, 0.6) is 5.75 Å². The second-order valence-corrected chi connectivity index (χ2v) is 11.4. The Morgan fingerprint density at radius 1 is 0.974 bits per heavy atom. The second kappa shape index (κ2) is 9.98. The zero-order valence-electron chi connectivity index (χ0n) is 21.0. The lowest BCUT2D eigenvalue weighted by Gasteiger charge is -2.21. The summed E-state index contributed by atoms with van der Waals surface area (Å²) in [5.74, 6) is -0.820. The number of rotatable bonds is 7. The average molecular weight is 535 g/mol. The molecule has 0 bridgehead atoms. The number of hydrogen-bond donors (Lipinski definition) is 1. The molecule has 9 heteroatoms. The first-order valence-electron chi connectivity index (χ1n) is 12.2. The molecule has 1 aliphatic heterocycles. The van der Waals surface area contributed by atoms with Crippen molar-refractivity contribution in [1.29, 1.82) is 0 Å². The van der Waals surface area contributed by atoms with E-state index in [0.29, 0.717) is 30.1 Å². The van der Waals surface area contributed by atoms with Crippen molar-refractivity contribution in [1.82, 2.24) is 4.57 Å². The molecule has 1 saturated heterocycles. The zero-order chi connectivity index (χ0) is 27.0. The number of sulfonamides is 1. The Hall–Kier alpha value is -4.11. The van der Waals surface area contributed by atoms with Crippen molar-refractivity contribution in [2.24, 2.45) is 0 Å². The lowest BCUT2D eigenvalue weighted by Crippen LogP contribution is -2.25. The van der Waals surface area contributed by atoms with Crippen LogP contribution >= 0.6 is 0 Å². The molecule has 1 aliphatic rings. The number of halogens is 1. The van der Waals surface area contributed by atoms with E-state index in [9.17, 15) is 22.7 Å². The molecule has 1 aromatic heterocycles. The normalized spacial score (nSPS) is 14.6. The van der Waals surface area contributed by atoms with Gasteiger partial charge in [0, 0.05) is 23.5 Å². The third kappa shape index (κ3) is 5.02. The Kier molecular flexibility index (Phi) is 6.71. The van der Waals surface area contributed by atoms with Gasteiger partial charge in [0.25, 0.3) is 0 Å². The Morgan fingerprint density at radius 2 is 1.71 bits per heavy atom. The molecule has 196 valence electrons. The summed E-state index contributed by atoms with van der Waals surface area (Å²) in [5.41, 5.74) is 5.06. The van der Waals surface area contributed by atoms with Crippen molar-refractivity contribution in [3.05, 3.63) is 101 Å². The zero-order valence-corrected chi connectivity index (χ0v) is 21.8. The summed E-state index contributed by atoms with van der Waals surface area (Å²) in [6, 6.07) is 20.4. The van der Waals surface area contributed by atoms with E-state index in [1.807, 2.05) is 48.7 Å². The van der Waals surface area contributed by atoms with E-state index in [0.717, 1.165) is 28.1 Å². The third-order valence-corrected chi connectivity index (χ3v) is 8.46. The number of carboxylic acid groups (broad SMARTS) is 1. The van der Waals surface area contributed by atoms with Gasteiger partial charge in [0.05, 0.1) is 22.7 Å². The van der Waals surface area contributed by atoms with E-state index in [2.05, 4.69) is 0 Å². The maximum absolute atomic E-state index is 13.3. The molecule has 7 nitrogen and oxygen atoms in total. The minimum atomic E-state index is -3.50. The molecule has 0 radical (unpaired) electrons. The van der Waals surface area contributed by atoms with Crippen LogP contribution in [-0.2, 0) is 16.6 Å². The predicted molar refractivity (Wildman–Crippen MR) is 144 cm³/mol. The van der Waals surface area contributed by atoms with Gasteiger partial charge < -0.3 is 14.4 Å². The molecular weight excluding hydrogens is 507 g/mol. The van der Waals surface area contributed by atoms with Gasteiger partial charge in [0.15, 0.2) is 0 Å². The standard InChI is InChI=1S/C29H27FN2O5S/c1-19-4-11-28(37-18-21-6-8-23(30)9-7-21)26(14-19)27-10-5-20(2)32(27)25-16-22(29(33)34)15-24(17-25)31-12-3-13-38(31,35)36/h4-11,14-17H,3,12-13,18H2,1-2H3,(H,33,34). The van der Waals surface area contributed by atoms with Crippen molar-refractivity contribution in [3.8, 4) is 22.7 Å². The first kappa shape index (κ1) is 25.5. The van der Waals surface area contributed by atoms with E-state index < -0.39 is 16.0 Å². The molecule has 0 saturated carbocycles. The van der Waals surface area contributed by atoms with Gasteiger partial charge in [-0.3, -0.25) is 4.31 Å². The molecule has 3 aromatic carbocycles. The van der Waals surface area contributed by atoms with Crippen LogP contribution in [0.2, 0.25) is 0 Å². The van der Waals surface area contributed by atoms with E-state index in [1.54, 1.807) is 24.3 Å². The van der Waals surface area contributed by atoms with Gasteiger partial charge in [0.1, 0.15) is 18.2 Å². The lowest BCUT2D eigenvalue weighted by molar-refractivity contribution is 0.0697. The van der Waals surface area contributed by atoms with Gasteiger partial charge in [-0.2, -0.15) is 0 Å². The fourth-order valence-electron chi connectivity index (χ4n) is 4.72. The number of aromatic carboxylic acids is 1. The number of anilines is 1. The van der Waals surface area contributed by atoms with Crippen molar-refractivity contribution < 1.29 is 27.4 Å². The van der Waals surface area contributed by atoms with Gasteiger partial charge in [-0.25, -0.2) is 17.6 Å². The lowest BCUT2D eigenvalue weighted by atomic mass is 10.1. The molecule has 38 heavy (non-hydrogen) atoms. The fourth-order valence-corrected chi connectivity index (χ4v) is 6.27. The molecule has 0 unspecified atom stereocenters. The van der Waals surface area contributed by atoms with Gasteiger partial charge in [-0.15, -0.1) is 0 Å². The summed E-state index contributed by atoms with van der Waals surface area (Å²) in [5, 5.41) is 9.81. The van der Waals surface area contributed by atoms with Gasteiger partial charge >= 0.3 is 5.97 Å². The number of hydrogen-bond acceptors (Lipinski definition) is 4. The van der Waals surface area contributed by atoms with Crippen molar-refractivity contribution in [3.63, 3.8) is 0 Å². The Labute approximate surface area is 220 Å². The smallest absolute Gasteiger partial charge is 0.335 e. The SMILES string of the molecule is Cc1ccc(OCc2ccc(F)cc2)c(-c2ccc(C)n2-c2cc(C(=O)O)cc(N3CCCS3(=O)=O)c2)c1. The summed E-state index contributed by atoms with van der Waals surface area (Å²) in [6.45, 7) is 4.41. The van der Waals surface area contributed by atoms with Crippen LogP contribution in [0, 0.1) is 19.7 Å². The minimum Gasteiger partial charge on any atom is -0.488 e. The third-order valence-electron chi connectivity index (χ3n) is 6.59.